The summed E-state index contributed by atoms with van der Waals surface area (Å²) in [6.45, 7) is 4.99. The van der Waals surface area contributed by atoms with Crippen LogP contribution in [-0.4, -0.2) is 13.1 Å². The Morgan fingerprint density at radius 2 is 1.43 bits per heavy atom. The van der Waals surface area contributed by atoms with E-state index >= 15 is 0 Å². The van der Waals surface area contributed by atoms with Crippen LogP contribution in [0.25, 0.3) is 0 Å². The Hall–Kier alpha value is -0.0400. The fraction of sp³-hybridized carbons (Fsp3) is 1.00. The van der Waals surface area contributed by atoms with Crippen LogP contribution in [0.15, 0.2) is 0 Å². The average molecular weight is 195 g/mol. The molecule has 1 N–H and O–H groups in total. The molecule has 1 nitrogen and oxygen atoms in total. The molecule has 0 aromatic carbocycles. The van der Waals surface area contributed by atoms with Gasteiger partial charge in [-0.25, -0.2) is 0 Å². The van der Waals surface area contributed by atoms with Crippen LogP contribution in [-0.2, 0) is 0 Å². The van der Waals surface area contributed by atoms with E-state index in [0.717, 1.165) is 17.8 Å². The van der Waals surface area contributed by atoms with Gasteiger partial charge in [-0.15, -0.1) is 0 Å². The lowest BCUT2D eigenvalue weighted by Crippen LogP contribution is -2.32. The maximum Gasteiger partial charge on any atom is -0.00204 e. The summed E-state index contributed by atoms with van der Waals surface area (Å²) in [4.78, 5) is 0. The molecule has 0 saturated heterocycles. The SMILES string of the molecule is CC1CCC(CNCC2CCC2)CC1. The Morgan fingerprint density at radius 1 is 0.857 bits per heavy atom. The van der Waals surface area contributed by atoms with Gasteiger partial charge >= 0.3 is 0 Å². The van der Waals surface area contributed by atoms with Gasteiger partial charge in [0.05, 0.1) is 0 Å². The summed E-state index contributed by atoms with van der Waals surface area (Å²) in [5, 5.41) is 3.67. The third-order valence-corrected chi connectivity index (χ3v) is 4.23. The molecular formula is C13H25N. The molecule has 2 saturated carbocycles. The zero-order valence-corrected chi connectivity index (χ0v) is 9.60. The van der Waals surface area contributed by atoms with Gasteiger partial charge in [0.1, 0.15) is 0 Å². The highest BCUT2D eigenvalue weighted by Crippen LogP contribution is 2.28. The van der Waals surface area contributed by atoms with Gasteiger partial charge in [-0.2, -0.15) is 0 Å². The molecule has 2 rings (SSSR count). The van der Waals surface area contributed by atoms with Crippen LogP contribution < -0.4 is 5.32 Å². The van der Waals surface area contributed by atoms with E-state index in [9.17, 15) is 0 Å². The van der Waals surface area contributed by atoms with Gasteiger partial charge in [-0.1, -0.05) is 26.2 Å². The van der Waals surface area contributed by atoms with Gasteiger partial charge in [0.25, 0.3) is 0 Å². The van der Waals surface area contributed by atoms with E-state index in [2.05, 4.69) is 12.2 Å². The second-order valence-corrected chi connectivity index (χ2v) is 5.58. The number of hydrogen-bond donors (Lipinski definition) is 1. The Balaban J connectivity index is 1.52. The average Bonchev–Trinajstić information content (AvgIpc) is 2.12. The smallest absolute Gasteiger partial charge is 0.00204 e. The first-order valence-corrected chi connectivity index (χ1v) is 6.55. The van der Waals surface area contributed by atoms with Crippen LogP contribution in [0.4, 0.5) is 0 Å². The van der Waals surface area contributed by atoms with Crippen molar-refractivity contribution in [1.82, 2.24) is 5.32 Å². The molecule has 0 aromatic heterocycles. The lowest BCUT2D eigenvalue weighted by Gasteiger charge is -2.29. The van der Waals surface area contributed by atoms with Crippen LogP contribution in [0.3, 0.4) is 0 Å². The van der Waals surface area contributed by atoms with Gasteiger partial charge < -0.3 is 5.32 Å². The van der Waals surface area contributed by atoms with E-state index in [4.69, 9.17) is 0 Å². The maximum absolute atomic E-state index is 3.67. The minimum absolute atomic E-state index is 0.992. The summed E-state index contributed by atoms with van der Waals surface area (Å²) < 4.78 is 0. The van der Waals surface area contributed by atoms with Crippen LogP contribution in [0.5, 0.6) is 0 Å². The van der Waals surface area contributed by atoms with E-state index in [1.807, 2.05) is 0 Å². The summed E-state index contributed by atoms with van der Waals surface area (Å²) in [5.41, 5.74) is 0. The molecule has 0 amide bonds. The third kappa shape index (κ3) is 2.98. The predicted molar refractivity (Wildman–Crippen MR) is 61.3 cm³/mol. The van der Waals surface area contributed by atoms with Crippen LogP contribution >= 0.6 is 0 Å². The Labute approximate surface area is 88.7 Å². The summed E-state index contributed by atoms with van der Waals surface area (Å²) in [6.07, 6.45) is 10.3. The van der Waals surface area contributed by atoms with E-state index in [1.165, 1.54) is 58.0 Å². The van der Waals surface area contributed by atoms with Gasteiger partial charge in [0.2, 0.25) is 0 Å². The molecule has 2 aliphatic rings. The van der Waals surface area contributed by atoms with Gasteiger partial charge in [0, 0.05) is 0 Å². The summed E-state index contributed by atoms with van der Waals surface area (Å²) in [7, 11) is 0. The molecule has 0 spiro atoms. The Bertz CT molecular complexity index is 155. The number of rotatable bonds is 4. The maximum atomic E-state index is 3.67. The number of nitrogens with one attached hydrogen (secondary N) is 1. The summed E-state index contributed by atoms with van der Waals surface area (Å²) in [6, 6.07) is 0. The van der Waals surface area contributed by atoms with E-state index in [-0.39, 0.29) is 0 Å². The molecule has 2 fully saturated rings. The zero-order valence-electron chi connectivity index (χ0n) is 9.60. The van der Waals surface area contributed by atoms with E-state index in [0.29, 0.717) is 0 Å². The largest absolute Gasteiger partial charge is 0.316 e. The first-order valence-electron chi connectivity index (χ1n) is 6.55. The van der Waals surface area contributed by atoms with Crippen molar-refractivity contribution in [2.24, 2.45) is 17.8 Å². The van der Waals surface area contributed by atoms with Crippen molar-refractivity contribution in [2.75, 3.05) is 13.1 Å². The molecule has 0 atom stereocenters. The molecule has 82 valence electrons. The molecule has 0 bridgehead atoms. The van der Waals surface area contributed by atoms with Crippen molar-refractivity contribution in [1.29, 1.82) is 0 Å². The van der Waals surface area contributed by atoms with Crippen molar-refractivity contribution in [3.05, 3.63) is 0 Å². The van der Waals surface area contributed by atoms with Crippen molar-refractivity contribution in [3.63, 3.8) is 0 Å². The molecule has 0 aromatic rings. The molecule has 0 radical (unpaired) electrons. The Kier molecular flexibility index (Phi) is 3.86. The van der Waals surface area contributed by atoms with Crippen molar-refractivity contribution in [2.45, 2.75) is 51.9 Å². The number of hydrogen-bond acceptors (Lipinski definition) is 1. The molecule has 14 heavy (non-hydrogen) atoms. The highest BCUT2D eigenvalue weighted by Gasteiger charge is 2.20. The second kappa shape index (κ2) is 5.16. The normalized spacial score (nSPS) is 34.1. The minimum Gasteiger partial charge on any atom is -0.316 e. The fourth-order valence-corrected chi connectivity index (χ4v) is 2.72. The minimum atomic E-state index is 0.992. The van der Waals surface area contributed by atoms with Crippen LogP contribution in [0, 0.1) is 17.8 Å². The lowest BCUT2D eigenvalue weighted by atomic mass is 9.82. The third-order valence-electron chi connectivity index (χ3n) is 4.23. The van der Waals surface area contributed by atoms with E-state index in [1.54, 1.807) is 0 Å². The molecular weight excluding hydrogens is 170 g/mol. The summed E-state index contributed by atoms with van der Waals surface area (Å²) in [5.74, 6) is 3.02. The van der Waals surface area contributed by atoms with Gasteiger partial charge in [0.15, 0.2) is 0 Å². The molecule has 2 aliphatic carbocycles. The van der Waals surface area contributed by atoms with Crippen molar-refractivity contribution < 1.29 is 0 Å². The monoisotopic (exact) mass is 195 g/mol. The molecule has 0 aliphatic heterocycles. The fourth-order valence-electron chi connectivity index (χ4n) is 2.72. The summed E-state index contributed by atoms with van der Waals surface area (Å²) >= 11 is 0. The zero-order chi connectivity index (χ0) is 9.80. The highest BCUT2D eigenvalue weighted by atomic mass is 14.9. The van der Waals surface area contributed by atoms with Crippen LogP contribution in [0.2, 0.25) is 0 Å². The molecule has 1 heteroatoms. The molecule has 0 heterocycles. The standard InChI is InChI=1S/C13H25N/c1-11-5-7-13(8-6-11)10-14-9-12-3-2-4-12/h11-14H,2-10H2,1H3. The lowest BCUT2D eigenvalue weighted by molar-refractivity contribution is 0.257. The van der Waals surface area contributed by atoms with Crippen LogP contribution in [0.1, 0.15) is 51.9 Å². The molecule has 0 unspecified atom stereocenters. The predicted octanol–water partition coefficient (Wildman–Crippen LogP) is 3.20. The Morgan fingerprint density at radius 3 is 1.93 bits per heavy atom. The quantitative estimate of drug-likeness (QED) is 0.726. The topological polar surface area (TPSA) is 12.0 Å². The first kappa shape index (κ1) is 10.5. The van der Waals surface area contributed by atoms with Gasteiger partial charge in [-0.3, -0.25) is 0 Å². The van der Waals surface area contributed by atoms with Gasteiger partial charge in [-0.05, 0) is 56.5 Å². The first-order chi connectivity index (χ1) is 6.84. The highest BCUT2D eigenvalue weighted by molar-refractivity contribution is 4.75. The van der Waals surface area contributed by atoms with Crippen molar-refractivity contribution in [3.8, 4) is 0 Å². The second-order valence-electron chi connectivity index (χ2n) is 5.58. The van der Waals surface area contributed by atoms with E-state index < -0.39 is 0 Å². The van der Waals surface area contributed by atoms with Crippen molar-refractivity contribution >= 4 is 0 Å².